The van der Waals surface area contributed by atoms with Gasteiger partial charge in [0.25, 0.3) is 0 Å². The monoisotopic (exact) mass is 425 g/mol. The number of rotatable bonds is 10. The molecule has 2 fully saturated rings. The van der Waals surface area contributed by atoms with Crippen LogP contribution in [0.15, 0.2) is 30.5 Å². The van der Waals surface area contributed by atoms with E-state index in [1.165, 1.54) is 58.0 Å². The number of nitrogens with one attached hydrogen (secondary N) is 2. The molecule has 1 aliphatic heterocycles. The summed E-state index contributed by atoms with van der Waals surface area (Å²) in [5, 5.41) is 6.86. The zero-order chi connectivity index (χ0) is 21.3. The van der Waals surface area contributed by atoms with Gasteiger partial charge in [-0.15, -0.1) is 0 Å². The fraction of sp³-hybridized carbons (Fsp3) is 0.583. The number of nitrogens with zero attached hydrogens (tertiary/aromatic N) is 3. The van der Waals surface area contributed by atoms with Crippen molar-refractivity contribution < 1.29 is 9.47 Å². The maximum absolute atomic E-state index is 6.05. The molecule has 0 amide bonds. The SMILES string of the molecule is COc1ccc(Nc2nccc(NC3CCCCC3)n2)cc1OCCCN1CCCC1. The zero-order valence-corrected chi connectivity index (χ0v) is 18.6. The summed E-state index contributed by atoms with van der Waals surface area (Å²) in [7, 11) is 1.67. The quantitative estimate of drug-likeness (QED) is 0.528. The Bertz CT molecular complexity index is 819. The molecule has 1 saturated carbocycles. The first-order chi connectivity index (χ1) is 15.3. The zero-order valence-electron chi connectivity index (χ0n) is 18.6. The number of hydrogen-bond acceptors (Lipinski definition) is 7. The number of likely N-dealkylation sites (tertiary alicyclic amines) is 1. The van der Waals surface area contributed by atoms with Crippen LogP contribution in [0.5, 0.6) is 11.5 Å². The normalized spacial score (nSPS) is 17.5. The molecule has 0 unspecified atom stereocenters. The summed E-state index contributed by atoms with van der Waals surface area (Å²) in [6.45, 7) is 4.21. The largest absolute Gasteiger partial charge is 0.493 e. The van der Waals surface area contributed by atoms with Crippen LogP contribution in [0.4, 0.5) is 17.5 Å². The van der Waals surface area contributed by atoms with Crippen molar-refractivity contribution in [3.05, 3.63) is 30.5 Å². The number of anilines is 3. The second-order valence-corrected chi connectivity index (χ2v) is 8.49. The molecule has 1 saturated heterocycles. The average molecular weight is 426 g/mol. The Morgan fingerprint density at radius 3 is 2.68 bits per heavy atom. The van der Waals surface area contributed by atoms with Gasteiger partial charge < -0.3 is 25.0 Å². The number of ether oxygens (including phenoxy) is 2. The highest BCUT2D eigenvalue weighted by Gasteiger charge is 2.14. The second-order valence-electron chi connectivity index (χ2n) is 8.49. The summed E-state index contributed by atoms with van der Waals surface area (Å²) in [5.41, 5.74) is 0.880. The van der Waals surface area contributed by atoms with Crippen molar-refractivity contribution in [2.75, 3.05) is 44.0 Å². The van der Waals surface area contributed by atoms with Crippen molar-refractivity contribution in [2.45, 2.75) is 57.4 Å². The molecule has 2 heterocycles. The predicted octanol–water partition coefficient (Wildman–Crippen LogP) is 4.84. The summed E-state index contributed by atoms with van der Waals surface area (Å²) in [5.74, 6) is 2.92. The molecule has 0 spiro atoms. The van der Waals surface area contributed by atoms with Crippen LogP contribution in [0.25, 0.3) is 0 Å². The van der Waals surface area contributed by atoms with Gasteiger partial charge in [0.2, 0.25) is 5.95 Å². The van der Waals surface area contributed by atoms with Gasteiger partial charge >= 0.3 is 0 Å². The summed E-state index contributed by atoms with van der Waals surface area (Å²) in [6, 6.07) is 8.28. The highest BCUT2D eigenvalue weighted by Crippen LogP contribution is 2.31. The molecule has 2 aliphatic rings. The van der Waals surface area contributed by atoms with Gasteiger partial charge in [-0.25, -0.2) is 4.98 Å². The fourth-order valence-electron chi connectivity index (χ4n) is 4.43. The van der Waals surface area contributed by atoms with Crippen LogP contribution in [-0.4, -0.2) is 54.3 Å². The molecule has 1 aliphatic carbocycles. The van der Waals surface area contributed by atoms with E-state index < -0.39 is 0 Å². The maximum Gasteiger partial charge on any atom is 0.229 e. The van der Waals surface area contributed by atoms with E-state index in [0.717, 1.165) is 36.0 Å². The van der Waals surface area contributed by atoms with Crippen LogP contribution in [0.2, 0.25) is 0 Å². The van der Waals surface area contributed by atoms with E-state index in [-0.39, 0.29) is 0 Å². The molecule has 1 aromatic carbocycles. The van der Waals surface area contributed by atoms with Crippen LogP contribution in [-0.2, 0) is 0 Å². The van der Waals surface area contributed by atoms with Gasteiger partial charge in [0, 0.05) is 30.5 Å². The molecule has 2 N–H and O–H groups in total. The van der Waals surface area contributed by atoms with E-state index in [9.17, 15) is 0 Å². The maximum atomic E-state index is 6.05. The van der Waals surface area contributed by atoms with Crippen molar-refractivity contribution in [3.63, 3.8) is 0 Å². The first-order valence-corrected chi connectivity index (χ1v) is 11.7. The second kappa shape index (κ2) is 11.2. The number of hydrogen-bond donors (Lipinski definition) is 2. The first kappa shape index (κ1) is 21.7. The van der Waals surface area contributed by atoms with E-state index in [4.69, 9.17) is 9.47 Å². The molecule has 7 heteroatoms. The van der Waals surface area contributed by atoms with Crippen LogP contribution in [0, 0.1) is 0 Å². The Morgan fingerprint density at radius 2 is 1.87 bits per heavy atom. The van der Waals surface area contributed by atoms with Gasteiger partial charge in [-0.2, -0.15) is 4.98 Å². The number of benzene rings is 1. The molecule has 0 bridgehead atoms. The summed E-state index contributed by atoms with van der Waals surface area (Å²) >= 11 is 0. The first-order valence-electron chi connectivity index (χ1n) is 11.7. The van der Waals surface area contributed by atoms with E-state index in [1.807, 2.05) is 24.3 Å². The average Bonchev–Trinajstić information content (AvgIpc) is 3.31. The third kappa shape index (κ3) is 6.47. The van der Waals surface area contributed by atoms with Crippen molar-refractivity contribution in [2.24, 2.45) is 0 Å². The lowest BCUT2D eigenvalue weighted by molar-refractivity contribution is 0.254. The Labute approximate surface area is 185 Å². The Kier molecular flexibility index (Phi) is 7.82. The molecule has 4 rings (SSSR count). The summed E-state index contributed by atoms with van der Waals surface area (Å²) in [6.07, 6.45) is 11.8. The minimum absolute atomic E-state index is 0.512. The van der Waals surface area contributed by atoms with Crippen molar-refractivity contribution >= 4 is 17.5 Å². The van der Waals surface area contributed by atoms with Gasteiger partial charge in [-0.1, -0.05) is 19.3 Å². The lowest BCUT2D eigenvalue weighted by Gasteiger charge is -2.23. The highest BCUT2D eigenvalue weighted by atomic mass is 16.5. The fourth-order valence-corrected chi connectivity index (χ4v) is 4.43. The molecule has 0 radical (unpaired) electrons. The molecule has 31 heavy (non-hydrogen) atoms. The van der Waals surface area contributed by atoms with Gasteiger partial charge in [-0.3, -0.25) is 0 Å². The Morgan fingerprint density at radius 1 is 1.03 bits per heavy atom. The minimum Gasteiger partial charge on any atom is -0.493 e. The van der Waals surface area contributed by atoms with Crippen LogP contribution >= 0.6 is 0 Å². The molecular formula is C24H35N5O2. The van der Waals surface area contributed by atoms with E-state index in [2.05, 4.69) is 25.5 Å². The molecule has 2 aromatic rings. The minimum atomic E-state index is 0.512. The van der Waals surface area contributed by atoms with Gasteiger partial charge in [0.15, 0.2) is 11.5 Å². The van der Waals surface area contributed by atoms with Crippen LogP contribution in [0.1, 0.15) is 51.4 Å². The standard InChI is InChI=1S/C24H35N5O2/c1-30-21-11-10-20(18-22(21)31-17-7-16-29-14-5-6-15-29)27-24-25-13-12-23(28-24)26-19-8-3-2-4-9-19/h10-13,18-19H,2-9,14-17H2,1H3,(H2,25,26,27,28). The van der Waals surface area contributed by atoms with Crippen LogP contribution in [0.3, 0.4) is 0 Å². The topological polar surface area (TPSA) is 71.5 Å². The van der Waals surface area contributed by atoms with Crippen molar-refractivity contribution in [1.29, 1.82) is 0 Å². The summed E-state index contributed by atoms with van der Waals surface area (Å²) < 4.78 is 11.5. The molecule has 1 aromatic heterocycles. The molecular weight excluding hydrogens is 390 g/mol. The highest BCUT2D eigenvalue weighted by molar-refractivity contribution is 5.60. The van der Waals surface area contributed by atoms with Gasteiger partial charge in [0.05, 0.1) is 13.7 Å². The smallest absolute Gasteiger partial charge is 0.229 e. The number of methoxy groups -OCH3 is 1. The van der Waals surface area contributed by atoms with E-state index in [0.29, 0.717) is 18.6 Å². The summed E-state index contributed by atoms with van der Waals surface area (Å²) in [4.78, 5) is 11.5. The van der Waals surface area contributed by atoms with Gasteiger partial charge in [-0.05, 0) is 63.4 Å². The van der Waals surface area contributed by atoms with E-state index >= 15 is 0 Å². The van der Waals surface area contributed by atoms with Crippen molar-refractivity contribution in [1.82, 2.24) is 14.9 Å². The Hall–Kier alpha value is -2.54. The third-order valence-corrected chi connectivity index (χ3v) is 6.11. The van der Waals surface area contributed by atoms with Gasteiger partial charge in [0.1, 0.15) is 5.82 Å². The molecule has 0 atom stereocenters. The van der Waals surface area contributed by atoms with Crippen molar-refractivity contribution in [3.8, 4) is 11.5 Å². The van der Waals surface area contributed by atoms with E-state index in [1.54, 1.807) is 13.3 Å². The predicted molar refractivity (Wildman–Crippen MR) is 125 cm³/mol. The third-order valence-electron chi connectivity index (χ3n) is 6.11. The Balaban J connectivity index is 1.34. The van der Waals surface area contributed by atoms with Crippen LogP contribution < -0.4 is 20.1 Å². The number of aromatic nitrogens is 2. The molecule has 7 nitrogen and oxygen atoms in total. The molecule has 168 valence electrons. The lowest BCUT2D eigenvalue weighted by atomic mass is 9.95. The lowest BCUT2D eigenvalue weighted by Crippen LogP contribution is -2.22.